The molecule has 0 aliphatic carbocycles. The summed E-state index contributed by atoms with van der Waals surface area (Å²) in [6, 6.07) is 26.2. The van der Waals surface area contributed by atoms with Gasteiger partial charge in [0.2, 0.25) is 5.91 Å². The number of rotatable bonds is 6. The van der Waals surface area contributed by atoms with E-state index in [-0.39, 0.29) is 11.8 Å². The third-order valence-corrected chi connectivity index (χ3v) is 7.21. The lowest BCUT2D eigenvalue weighted by Crippen LogP contribution is -2.32. The highest BCUT2D eigenvalue weighted by Crippen LogP contribution is 2.31. The van der Waals surface area contributed by atoms with Crippen LogP contribution in [-0.4, -0.2) is 28.5 Å². The maximum atomic E-state index is 12.1. The molecule has 0 saturated carbocycles. The van der Waals surface area contributed by atoms with E-state index in [4.69, 9.17) is 0 Å². The lowest BCUT2D eigenvalue weighted by atomic mass is 9.89. The molecule has 4 heteroatoms. The number of piperidine rings is 1. The number of fused-ring (bicyclic) bond motifs is 1. The van der Waals surface area contributed by atoms with Crippen LogP contribution in [0.5, 0.6) is 0 Å². The van der Waals surface area contributed by atoms with Gasteiger partial charge < -0.3 is 9.88 Å². The maximum Gasteiger partial charge on any atom is 0.226 e. The number of likely N-dealkylation sites (tertiary alicyclic amines) is 1. The van der Waals surface area contributed by atoms with E-state index in [0.29, 0.717) is 5.92 Å². The minimum atomic E-state index is -0.0118. The fourth-order valence-electron chi connectivity index (χ4n) is 5.06. The summed E-state index contributed by atoms with van der Waals surface area (Å²) in [5.74, 6) is 0.610. The van der Waals surface area contributed by atoms with Crippen molar-refractivity contribution < 1.29 is 4.79 Å². The van der Waals surface area contributed by atoms with E-state index in [1.165, 1.54) is 33.3 Å². The van der Waals surface area contributed by atoms with Crippen LogP contribution in [0.15, 0.2) is 79.0 Å². The van der Waals surface area contributed by atoms with E-state index >= 15 is 0 Å². The van der Waals surface area contributed by atoms with Crippen LogP contribution in [0.4, 0.5) is 5.69 Å². The molecule has 1 N–H and O–H groups in total. The Bertz CT molecular complexity index is 1310. The average Bonchev–Trinajstić information content (AvgIpc) is 3.28. The van der Waals surface area contributed by atoms with Gasteiger partial charge in [-0.1, -0.05) is 49.7 Å². The SMILES string of the molecule is Cc1ccc(-n2ccc3cc(CN4CCC(c5cccc(NC(=O)C(C)C)c5)CC4)ccc32)cc1. The Morgan fingerprint density at radius 2 is 1.74 bits per heavy atom. The molecular weight excluding hydrogens is 430 g/mol. The second kappa shape index (κ2) is 10.1. The molecule has 5 rings (SSSR count). The standard InChI is InChI=1S/C31H35N3O/c1-22(2)31(35)32-28-6-4-5-26(20-28)25-13-16-33(17-14-25)21-24-9-12-30-27(19-24)15-18-34(30)29-10-7-23(3)8-11-29/h4-12,15,18-20,22,25H,13-14,16-17,21H2,1-3H3,(H,32,35). The largest absolute Gasteiger partial charge is 0.326 e. The van der Waals surface area contributed by atoms with Gasteiger partial charge in [-0.25, -0.2) is 0 Å². The minimum absolute atomic E-state index is 0.0118. The molecule has 2 heterocycles. The highest BCUT2D eigenvalue weighted by molar-refractivity contribution is 5.92. The van der Waals surface area contributed by atoms with E-state index in [0.717, 1.165) is 38.2 Å². The van der Waals surface area contributed by atoms with Gasteiger partial charge in [0.25, 0.3) is 0 Å². The highest BCUT2D eigenvalue weighted by Gasteiger charge is 2.21. The molecule has 0 unspecified atom stereocenters. The Labute approximate surface area is 208 Å². The number of carbonyl (C=O) groups is 1. The van der Waals surface area contributed by atoms with Gasteiger partial charge in [0.1, 0.15) is 0 Å². The number of hydrogen-bond donors (Lipinski definition) is 1. The molecular formula is C31H35N3O. The Kier molecular flexibility index (Phi) is 6.74. The molecule has 180 valence electrons. The lowest BCUT2D eigenvalue weighted by Gasteiger charge is -2.32. The van der Waals surface area contributed by atoms with Crippen molar-refractivity contribution in [3.63, 3.8) is 0 Å². The molecule has 0 bridgehead atoms. The molecule has 1 amide bonds. The third-order valence-electron chi connectivity index (χ3n) is 7.21. The summed E-state index contributed by atoms with van der Waals surface area (Å²) in [7, 11) is 0. The molecule has 35 heavy (non-hydrogen) atoms. The van der Waals surface area contributed by atoms with Crippen molar-refractivity contribution in [1.82, 2.24) is 9.47 Å². The number of amides is 1. The maximum absolute atomic E-state index is 12.1. The van der Waals surface area contributed by atoms with Crippen LogP contribution in [0.2, 0.25) is 0 Å². The van der Waals surface area contributed by atoms with E-state index in [1.807, 2.05) is 19.9 Å². The Hall–Kier alpha value is -3.37. The zero-order valence-corrected chi connectivity index (χ0v) is 21.0. The topological polar surface area (TPSA) is 37.3 Å². The summed E-state index contributed by atoms with van der Waals surface area (Å²) in [5.41, 5.74) is 7.35. The van der Waals surface area contributed by atoms with Crippen LogP contribution in [0.3, 0.4) is 0 Å². The summed E-state index contributed by atoms with van der Waals surface area (Å²) in [6.45, 7) is 9.14. The number of hydrogen-bond acceptors (Lipinski definition) is 2. The van der Waals surface area contributed by atoms with Gasteiger partial charge >= 0.3 is 0 Å². The van der Waals surface area contributed by atoms with Crippen LogP contribution in [-0.2, 0) is 11.3 Å². The van der Waals surface area contributed by atoms with Crippen LogP contribution < -0.4 is 5.32 Å². The predicted octanol–water partition coefficient (Wildman–Crippen LogP) is 6.91. The summed E-state index contributed by atoms with van der Waals surface area (Å²) in [6.07, 6.45) is 4.46. The molecule has 1 aliphatic rings. The molecule has 1 aromatic heterocycles. The van der Waals surface area contributed by atoms with Crippen molar-refractivity contribution >= 4 is 22.5 Å². The van der Waals surface area contributed by atoms with Gasteiger partial charge in [-0.3, -0.25) is 9.69 Å². The monoisotopic (exact) mass is 465 g/mol. The molecule has 0 atom stereocenters. The second-order valence-corrected chi connectivity index (χ2v) is 10.2. The summed E-state index contributed by atoms with van der Waals surface area (Å²) in [4.78, 5) is 14.6. The van der Waals surface area contributed by atoms with E-state index in [2.05, 4.69) is 94.6 Å². The zero-order chi connectivity index (χ0) is 24.4. The predicted molar refractivity (Wildman–Crippen MR) is 145 cm³/mol. The highest BCUT2D eigenvalue weighted by atomic mass is 16.1. The number of benzene rings is 3. The first-order valence-electron chi connectivity index (χ1n) is 12.8. The number of anilines is 1. The van der Waals surface area contributed by atoms with Gasteiger partial charge in [-0.05, 0) is 92.4 Å². The number of carbonyl (C=O) groups excluding carboxylic acids is 1. The van der Waals surface area contributed by atoms with Crippen molar-refractivity contribution in [1.29, 1.82) is 0 Å². The van der Waals surface area contributed by atoms with E-state index < -0.39 is 0 Å². The van der Waals surface area contributed by atoms with Crippen molar-refractivity contribution in [2.24, 2.45) is 5.92 Å². The molecule has 0 spiro atoms. The molecule has 4 nitrogen and oxygen atoms in total. The van der Waals surface area contributed by atoms with Gasteiger partial charge in [-0.15, -0.1) is 0 Å². The van der Waals surface area contributed by atoms with Crippen molar-refractivity contribution in [3.05, 3.63) is 95.7 Å². The van der Waals surface area contributed by atoms with Crippen LogP contribution in [0, 0.1) is 12.8 Å². The second-order valence-electron chi connectivity index (χ2n) is 10.2. The molecule has 1 fully saturated rings. The van der Waals surface area contributed by atoms with Crippen molar-refractivity contribution in [2.45, 2.75) is 46.1 Å². The van der Waals surface area contributed by atoms with Crippen LogP contribution in [0.25, 0.3) is 16.6 Å². The Balaban J connectivity index is 1.21. The number of nitrogens with zero attached hydrogens (tertiary/aromatic N) is 2. The van der Waals surface area contributed by atoms with Gasteiger partial charge in [0, 0.05) is 35.4 Å². The molecule has 4 aromatic rings. The number of nitrogens with one attached hydrogen (secondary N) is 1. The fraction of sp³-hybridized carbons (Fsp3) is 0.323. The van der Waals surface area contributed by atoms with Gasteiger partial charge in [-0.2, -0.15) is 0 Å². The first-order valence-corrected chi connectivity index (χ1v) is 12.8. The minimum Gasteiger partial charge on any atom is -0.326 e. The van der Waals surface area contributed by atoms with Crippen molar-refractivity contribution in [3.8, 4) is 5.69 Å². The summed E-state index contributed by atoms with van der Waals surface area (Å²) < 4.78 is 2.27. The average molecular weight is 466 g/mol. The molecule has 1 saturated heterocycles. The quantitative estimate of drug-likeness (QED) is 0.336. The Morgan fingerprint density at radius 1 is 0.971 bits per heavy atom. The van der Waals surface area contributed by atoms with Crippen molar-refractivity contribution in [2.75, 3.05) is 18.4 Å². The van der Waals surface area contributed by atoms with Crippen LogP contribution in [0.1, 0.15) is 49.3 Å². The van der Waals surface area contributed by atoms with E-state index in [1.54, 1.807) is 0 Å². The molecule has 1 aliphatic heterocycles. The first-order chi connectivity index (χ1) is 17.0. The zero-order valence-electron chi connectivity index (χ0n) is 21.0. The van der Waals surface area contributed by atoms with Crippen LogP contribution >= 0.6 is 0 Å². The smallest absolute Gasteiger partial charge is 0.226 e. The Morgan fingerprint density at radius 3 is 2.49 bits per heavy atom. The summed E-state index contributed by atoms with van der Waals surface area (Å²) in [5, 5.41) is 4.33. The molecule has 3 aromatic carbocycles. The van der Waals surface area contributed by atoms with Gasteiger partial charge in [0.15, 0.2) is 0 Å². The van der Waals surface area contributed by atoms with E-state index in [9.17, 15) is 4.79 Å². The molecule has 0 radical (unpaired) electrons. The normalized spacial score (nSPS) is 15.1. The fourth-order valence-corrected chi connectivity index (χ4v) is 5.06. The summed E-state index contributed by atoms with van der Waals surface area (Å²) >= 11 is 0. The number of aromatic nitrogens is 1. The first kappa shape index (κ1) is 23.4. The van der Waals surface area contributed by atoms with Gasteiger partial charge in [0.05, 0.1) is 5.52 Å². The third kappa shape index (κ3) is 5.33. The number of aryl methyl sites for hydroxylation is 1. The lowest BCUT2D eigenvalue weighted by molar-refractivity contribution is -0.118.